The summed E-state index contributed by atoms with van der Waals surface area (Å²) in [6.45, 7) is -0.411. The highest BCUT2D eigenvalue weighted by Crippen LogP contribution is 2.62. The van der Waals surface area contributed by atoms with Crippen LogP contribution in [0.1, 0.15) is 86.1 Å². The number of hydrogen-bond donors (Lipinski definition) is 14. The van der Waals surface area contributed by atoms with Gasteiger partial charge in [0.2, 0.25) is 11.9 Å². The van der Waals surface area contributed by atoms with Crippen LogP contribution in [0.3, 0.4) is 0 Å². The Hall–Kier alpha value is -7.19. The number of allylic oxidation sites excluding steroid dienone is 3. The molecule has 0 amide bonds. The van der Waals surface area contributed by atoms with Crippen molar-refractivity contribution < 1.29 is 89.1 Å². The van der Waals surface area contributed by atoms with E-state index in [1.165, 1.54) is 12.1 Å². The fraction of sp³-hybridized carbons (Fsp3) is 0.466. The monoisotopic (exact) mass is 1100 g/mol. The Morgan fingerprint density at radius 2 is 1.71 bits per heavy atom. The lowest BCUT2D eigenvalue weighted by Crippen LogP contribution is -2.83. The molecule has 418 valence electrons. The van der Waals surface area contributed by atoms with Crippen molar-refractivity contribution in [1.29, 1.82) is 0 Å². The van der Waals surface area contributed by atoms with E-state index in [0.717, 1.165) is 43.4 Å². The molecule has 2 aromatic carbocycles. The topological polar surface area (TPSA) is 364 Å². The first-order chi connectivity index (χ1) is 38.3. The zero-order valence-corrected chi connectivity index (χ0v) is 42.6. The summed E-state index contributed by atoms with van der Waals surface area (Å²) in [5.41, 5.74) is -9.99. The molecule has 14 N–H and O–H groups in total. The predicted octanol–water partition coefficient (Wildman–Crippen LogP) is 1.04. The number of esters is 1. The first kappa shape index (κ1) is 52.2. The number of aliphatic carboxylic acids is 1. The summed E-state index contributed by atoms with van der Waals surface area (Å²) >= 11 is 0. The Morgan fingerprint density at radius 3 is 2.49 bits per heavy atom. The minimum Gasteiger partial charge on any atom is -0.507 e. The zero-order valence-electron chi connectivity index (χ0n) is 42.6. The Labute approximate surface area is 454 Å². The number of benzene rings is 2. The minimum atomic E-state index is -3.16. The van der Waals surface area contributed by atoms with Crippen LogP contribution in [0, 0.1) is 35.0 Å². The van der Waals surface area contributed by atoms with Gasteiger partial charge in [-0.25, -0.2) is 9.59 Å². The van der Waals surface area contributed by atoms with Gasteiger partial charge < -0.3 is 89.8 Å². The number of carboxylic acids is 1. The molecular formula is C58H57N3O19. The number of aromatic nitrogens is 1. The fourth-order valence-corrected chi connectivity index (χ4v) is 14.2. The highest BCUT2D eigenvalue weighted by atomic mass is 16.8. The van der Waals surface area contributed by atoms with E-state index >= 15 is 4.79 Å². The molecule has 9 heterocycles. The summed E-state index contributed by atoms with van der Waals surface area (Å²) in [5.74, 6) is 1.37. The van der Waals surface area contributed by atoms with Crippen molar-refractivity contribution in [2.24, 2.45) is 11.3 Å². The van der Waals surface area contributed by atoms with Crippen LogP contribution >= 0.6 is 0 Å². The number of aromatic amines is 1. The maximum atomic E-state index is 15.8. The van der Waals surface area contributed by atoms with Gasteiger partial charge in [0.05, 0.1) is 18.0 Å². The van der Waals surface area contributed by atoms with Crippen LogP contribution in [0.15, 0.2) is 80.8 Å². The quantitative estimate of drug-likeness (QED) is 0.0575. The number of carbonyl (C=O) groups excluding carboxylic acids is 1. The minimum absolute atomic E-state index is 0.0265. The second-order valence-electron chi connectivity index (χ2n) is 22.5. The van der Waals surface area contributed by atoms with Crippen molar-refractivity contribution in [2.45, 2.75) is 148 Å². The number of aliphatic hydroxyl groups is 7. The Balaban J connectivity index is 1.09. The smallest absolute Gasteiger partial charge is 0.351 e. The lowest BCUT2D eigenvalue weighted by Gasteiger charge is -2.62. The molecular weight excluding hydrogens is 1040 g/mol. The highest BCUT2D eigenvalue weighted by molar-refractivity contribution is 5.90. The number of carbonyl (C=O) groups is 2. The first-order valence-corrected chi connectivity index (χ1v) is 26.8. The third kappa shape index (κ3) is 7.27. The van der Waals surface area contributed by atoms with E-state index in [9.17, 15) is 65.8 Å². The lowest BCUT2D eigenvalue weighted by atomic mass is 9.56. The van der Waals surface area contributed by atoms with Gasteiger partial charge in [-0.15, -0.1) is 0 Å². The molecule has 14 atom stereocenters. The largest absolute Gasteiger partial charge is 0.507 e. The van der Waals surface area contributed by atoms with E-state index in [1.807, 2.05) is 6.08 Å². The Morgan fingerprint density at radius 1 is 0.912 bits per heavy atom. The normalized spacial score (nSPS) is 36.3. The maximum Gasteiger partial charge on any atom is 0.351 e. The molecule has 80 heavy (non-hydrogen) atoms. The number of aliphatic hydroxyl groups excluding tert-OH is 6. The summed E-state index contributed by atoms with van der Waals surface area (Å²) in [5, 5.41) is 136. The number of nitrogens with one attached hydrogen (secondary N) is 3. The van der Waals surface area contributed by atoms with E-state index in [2.05, 4.69) is 39.3 Å². The molecule has 14 unspecified atom stereocenters. The molecule has 3 saturated heterocycles. The molecule has 3 aliphatic carbocycles. The van der Waals surface area contributed by atoms with Crippen LogP contribution in [-0.4, -0.2) is 151 Å². The summed E-state index contributed by atoms with van der Waals surface area (Å²) in [4.78, 5) is 46.8. The molecule has 10 aliphatic rings. The molecule has 22 heteroatoms. The van der Waals surface area contributed by atoms with Gasteiger partial charge in [-0.1, -0.05) is 55.1 Å². The van der Waals surface area contributed by atoms with Crippen molar-refractivity contribution in [3.8, 4) is 58.0 Å². The predicted molar refractivity (Wildman–Crippen MR) is 275 cm³/mol. The third-order valence-corrected chi connectivity index (χ3v) is 18.2. The Bertz CT molecular complexity index is 3610. The second kappa shape index (κ2) is 18.4. The molecule has 6 bridgehead atoms. The zero-order chi connectivity index (χ0) is 56.0. The van der Waals surface area contributed by atoms with Gasteiger partial charge in [-0.2, -0.15) is 0 Å². The van der Waals surface area contributed by atoms with Crippen molar-refractivity contribution >= 4 is 22.9 Å². The van der Waals surface area contributed by atoms with Gasteiger partial charge in [0, 0.05) is 83.0 Å². The summed E-state index contributed by atoms with van der Waals surface area (Å²) in [6.07, 6.45) is -4.94. The van der Waals surface area contributed by atoms with Gasteiger partial charge in [0.25, 0.3) is 11.4 Å². The number of rotatable bonds is 5. The Kier molecular flexibility index (Phi) is 12.0. The average molecular weight is 1100 g/mol. The summed E-state index contributed by atoms with van der Waals surface area (Å²) < 4.78 is 32.2. The molecule has 5 fully saturated rings. The third-order valence-electron chi connectivity index (χ3n) is 18.2. The molecule has 7 aliphatic heterocycles. The van der Waals surface area contributed by atoms with Crippen LogP contribution < -0.4 is 20.8 Å². The number of H-pyrrole nitrogens is 1. The number of phenols is 3. The number of phenolic OH excluding ortho intramolecular Hbond substituents is 3. The number of carboxylic acid groups (broad SMARTS) is 1. The van der Waals surface area contributed by atoms with Crippen molar-refractivity contribution in [3.05, 3.63) is 104 Å². The molecule has 4 aromatic rings. The number of ether oxygens (including phenoxy) is 4. The van der Waals surface area contributed by atoms with Gasteiger partial charge in [0.1, 0.15) is 52.6 Å². The molecule has 3 spiro atoms. The second-order valence-corrected chi connectivity index (χ2v) is 22.5. The average Bonchev–Trinajstić information content (AvgIpc) is 3.98. The molecule has 22 nitrogen and oxygen atoms in total. The summed E-state index contributed by atoms with van der Waals surface area (Å²) in [7, 11) is 0. The van der Waals surface area contributed by atoms with Gasteiger partial charge in [-0.05, 0) is 73.8 Å². The van der Waals surface area contributed by atoms with Crippen LogP contribution in [0.4, 0.5) is 0 Å². The number of aromatic hydroxyl groups is 3. The van der Waals surface area contributed by atoms with E-state index < -0.39 is 118 Å². The molecule has 2 aromatic heterocycles. The number of hydrogen-bond acceptors (Lipinski definition) is 20. The number of dihydropyridines is 1. The van der Waals surface area contributed by atoms with Gasteiger partial charge in [0.15, 0.2) is 28.6 Å². The first-order valence-electron chi connectivity index (χ1n) is 26.8. The van der Waals surface area contributed by atoms with Crippen molar-refractivity contribution in [2.75, 3.05) is 6.61 Å². The number of piperidine rings is 1. The van der Waals surface area contributed by atoms with Gasteiger partial charge in [-0.3, -0.25) is 10.1 Å². The van der Waals surface area contributed by atoms with E-state index in [-0.39, 0.29) is 88.6 Å². The van der Waals surface area contributed by atoms with Crippen LogP contribution in [0.2, 0.25) is 0 Å². The maximum absolute atomic E-state index is 15.8. The molecule has 2 saturated carbocycles. The standard InChI is InChI=1S/C58H57N3O19/c62-16-9-28-17-29(20-37(64)43(28)65)38-23-36(63)42-39(76-38)24-40-41(44(42)66)33(30-19-34-27-5-3-6-32(18-27)61-50(34)60-25-30)21-31-22-35-26(8-15-59-35)7-14-54(10-1-2-11-54)58(75)49(71)48(70)57(31,78-40)80-56(58)13-4-12-55(52(72)73)47(69)45(67)46(68)51(79-55)77-53(56)74/h8,15,17,19-21,23-25,27,32-33,45-51,59-62,64-71,75H,1-3,5-6,9-11,13,16,18,22H2,(H,72,73). The van der Waals surface area contributed by atoms with E-state index in [1.54, 1.807) is 24.5 Å². The molecule has 14 rings (SSSR count). The van der Waals surface area contributed by atoms with Gasteiger partial charge >= 0.3 is 11.9 Å². The van der Waals surface area contributed by atoms with Crippen LogP contribution in [0.5, 0.6) is 23.0 Å². The van der Waals surface area contributed by atoms with Crippen LogP contribution in [0.25, 0.3) is 22.3 Å². The highest BCUT2D eigenvalue weighted by Gasteiger charge is 2.80. The van der Waals surface area contributed by atoms with Crippen molar-refractivity contribution in [1.82, 2.24) is 15.6 Å². The lowest BCUT2D eigenvalue weighted by molar-refractivity contribution is -0.394. The van der Waals surface area contributed by atoms with Crippen molar-refractivity contribution in [3.63, 3.8) is 0 Å². The SMILES string of the molecule is O=C(O)C12C#CCC3(OC45Oc6cc7oc(-c8cc(O)c(O)c(CCO)c8)cc(=O)c7c(O)c6C(C6=CNC7NC8CCCC(C8)C7=C6)C=C4Cc4[nH]ccc4C#CC4(CCCC4)C3(O)C(O)C5O)C(=O)OC(O1)C(O)C(O)C2O. The van der Waals surface area contributed by atoms with E-state index in [0.29, 0.717) is 29.7 Å². The summed E-state index contributed by atoms with van der Waals surface area (Å²) in [6, 6.07) is 6.78. The molecule has 0 radical (unpaired) electrons. The van der Waals surface area contributed by atoms with E-state index in [4.69, 9.17) is 23.4 Å². The fourth-order valence-electron chi connectivity index (χ4n) is 14.2. The number of fused-ring (bicyclic) bond motifs is 9. The van der Waals surface area contributed by atoms with Crippen LogP contribution in [-0.2, 0) is 36.6 Å².